The highest BCUT2D eigenvalue weighted by atomic mass is 79.9. The number of halogens is 1. The normalized spacial score (nSPS) is 12.1. The molecule has 0 amide bonds. The molecule has 0 radical (unpaired) electrons. The minimum absolute atomic E-state index is 0.477. The topological polar surface area (TPSA) is 62.8 Å². The van der Waals surface area contributed by atoms with Gasteiger partial charge in [-0.1, -0.05) is 6.07 Å². The van der Waals surface area contributed by atoms with Crippen LogP contribution in [0.3, 0.4) is 0 Å². The third-order valence-corrected chi connectivity index (χ3v) is 1.98. The number of hydrogen-bond acceptors (Lipinski definition) is 3. The van der Waals surface area contributed by atoms with E-state index in [0.29, 0.717) is 15.9 Å². The van der Waals surface area contributed by atoms with Gasteiger partial charge >= 0.3 is 0 Å². The standard InChI is InChI=1S/C8H8BrN3/c9-6(5-10)8(11)7-3-1-2-4-12-7/h1-5,10H,11H2. The van der Waals surface area contributed by atoms with E-state index in [1.54, 1.807) is 12.3 Å². The van der Waals surface area contributed by atoms with E-state index in [1.807, 2.05) is 12.1 Å². The van der Waals surface area contributed by atoms with Crippen LogP contribution in [0.25, 0.3) is 5.70 Å². The summed E-state index contributed by atoms with van der Waals surface area (Å²) in [5.74, 6) is 0. The third-order valence-electron chi connectivity index (χ3n) is 1.32. The lowest BCUT2D eigenvalue weighted by atomic mass is 10.3. The molecule has 0 aromatic carbocycles. The molecular formula is C8H8BrN3. The van der Waals surface area contributed by atoms with Crippen molar-refractivity contribution in [3.05, 3.63) is 34.6 Å². The molecule has 62 valence electrons. The minimum atomic E-state index is 0.477. The summed E-state index contributed by atoms with van der Waals surface area (Å²) in [6.45, 7) is 0. The van der Waals surface area contributed by atoms with E-state index in [0.717, 1.165) is 6.21 Å². The Morgan fingerprint density at radius 2 is 2.33 bits per heavy atom. The first-order chi connectivity index (χ1) is 5.75. The van der Waals surface area contributed by atoms with Crippen molar-refractivity contribution in [1.29, 1.82) is 5.41 Å². The van der Waals surface area contributed by atoms with Crippen molar-refractivity contribution < 1.29 is 0 Å². The second-order valence-electron chi connectivity index (χ2n) is 2.12. The first-order valence-corrected chi connectivity index (χ1v) is 4.12. The van der Waals surface area contributed by atoms with Gasteiger partial charge in [-0.25, -0.2) is 0 Å². The lowest BCUT2D eigenvalue weighted by Gasteiger charge is -1.99. The Labute approximate surface area is 78.9 Å². The van der Waals surface area contributed by atoms with Gasteiger partial charge in [0, 0.05) is 12.4 Å². The molecule has 3 N–H and O–H groups in total. The average molecular weight is 226 g/mol. The summed E-state index contributed by atoms with van der Waals surface area (Å²) in [4.78, 5) is 4.03. The van der Waals surface area contributed by atoms with E-state index < -0.39 is 0 Å². The SMILES string of the molecule is N=CC(Br)=C(N)c1ccccn1. The van der Waals surface area contributed by atoms with Gasteiger partial charge in [-0.2, -0.15) is 0 Å². The monoisotopic (exact) mass is 225 g/mol. The van der Waals surface area contributed by atoms with Crippen LogP contribution in [-0.4, -0.2) is 11.2 Å². The minimum Gasteiger partial charge on any atom is -0.396 e. The largest absolute Gasteiger partial charge is 0.396 e. The molecule has 4 heteroatoms. The van der Waals surface area contributed by atoms with Gasteiger partial charge in [0.25, 0.3) is 0 Å². The fraction of sp³-hybridized carbons (Fsp3) is 0. The number of pyridine rings is 1. The molecule has 3 nitrogen and oxygen atoms in total. The number of rotatable bonds is 2. The Morgan fingerprint density at radius 1 is 1.58 bits per heavy atom. The maximum atomic E-state index is 6.95. The maximum absolute atomic E-state index is 6.95. The van der Waals surface area contributed by atoms with E-state index in [9.17, 15) is 0 Å². The van der Waals surface area contributed by atoms with Crippen LogP contribution in [0.1, 0.15) is 5.69 Å². The van der Waals surface area contributed by atoms with Crippen molar-refractivity contribution >= 4 is 27.8 Å². The predicted octanol–water partition coefficient (Wildman–Crippen LogP) is 1.75. The summed E-state index contributed by atoms with van der Waals surface area (Å²) < 4.78 is 0.543. The molecule has 0 aliphatic carbocycles. The zero-order valence-corrected chi connectivity index (χ0v) is 7.88. The first kappa shape index (κ1) is 8.93. The highest BCUT2D eigenvalue weighted by molar-refractivity contribution is 9.12. The van der Waals surface area contributed by atoms with Gasteiger partial charge in [-0.05, 0) is 28.1 Å². The van der Waals surface area contributed by atoms with Crippen LogP contribution < -0.4 is 5.73 Å². The molecule has 0 spiro atoms. The number of hydrogen-bond donors (Lipinski definition) is 2. The summed E-state index contributed by atoms with van der Waals surface area (Å²) >= 11 is 3.15. The Hall–Kier alpha value is -1.16. The summed E-state index contributed by atoms with van der Waals surface area (Å²) in [7, 11) is 0. The molecule has 0 fully saturated rings. The van der Waals surface area contributed by atoms with Crippen LogP contribution in [-0.2, 0) is 0 Å². The van der Waals surface area contributed by atoms with E-state index >= 15 is 0 Å². The first-order valence-electron chi connectivity index (χ1n) is 3.33. The second-order valence-corrected chi connectivity index (χ2v) is 2.98. The van der Waals surface area contributed by atoms with E-state index in [4.69, 9.17) is 11.1 Å². The molecule has 0 aliphatic heterocycles. The molecule has 1 aromatic rings. The lowest BCUT2D eigenvalue weighted by Crippen LogP contribution is -2.00. The van der Waals surface area contributed by atoms with Crippen molar-refractivity contribution in [2.24, 2.45) is 5.73 Å². The van der Waals surface area contributed by atoms with Crippen molar-refractivity contribution in [1.82, 2.24) is 4.98 Å². The van der Waals surface area contributed by atoms with Crippen LogP contribution in [0.2, 0.25) is 0 Å². The van der Waals surface area contributed by atoms with Gasteiger partial charge in [0.05, 0.1) is 15.9 Å². The molecule has 12 heavy (non-hydrogen) atoms. The smallest absolute Gasteiger partial charge is 0.0871 e. The van der Waals surface area contributed by atoms with Crippen molar-refractivity contribution in [3.63, 3.8) is 0 Å². The Kier molecular flexibility index (Phi) is 2.99. The fourth-order valence-corrected chi connectivity index (χ4v) is 0.925. The van der Waals surface area contributed by atoms with Crippen molar-refractivity contribution in [2.75, 3.05) is 0 Å². The molecule has 1 rings (SSSR count). The Morgan fingerprint density at radius 3 is 2.83 bits per heavy atom. The quantitative estimate of drug-likeness (QED) is 0.754. The summed E-state index contributed by atoms with van der Waals surface area (Å²) in [6, 6.07) is 5.45. The van der Waals surface area contributed by atoms with Crippen LogP contribution in [0, 0.1) is 5.41 Å². The predicted molar refractivity (Wildman–Crippen MR) is 53.1 cm³/mol. The Bertz CT molecular complexity index is 305. The number of allylic oxidation sites excluding steroid dienone is 1. The van der Waals surface area contributed by atoms with Gasteiger partial charge in [-0.15, -0.1) is 0 Å². The molecule has 1 heterocycles. The fourth-order valence-electron chi connectivity index (χ4n) is 0.722. The van der Waals surface area contributed by atoms with Gasteiger partial charge < -0.3 is 11.1 Å². The molecule has 0 saturated heterocycles. The van der Waals surface area contributed by atoms with E-state index in [-0.39, 0.29) is 0 Å². The highest BCUT2D eigenvalue weighted by Crippen LogP contribution is 2.13. The van der Waals surface area contributed by atoms with Gasteiger partial charge in [0.1, 0.15) is 0 Å². The average Bonchev–Trinajstić information content (AvgIpc) is 2.17. The van der Waals surface area contributed by atoms with Crippen molar-refractivity contribution in [3.8, 4) is 0 Å². The lowest BCUT2D eigenvalue weighted by molar-refractivity contribution is 1.26. The van der Waals surface area contributed by atoms with Gasteiger partial charge in [-0.3, -0.25) is 4.98 Å². The van der Waals surface area contributed by atoms with Gasteiger partial charge in [0.15, 0.2) is 0 Å². The summed E-state index contributed by atoms with van der Waals surface area (Å²) in [5, 5.41) is 6.95. The molecular weight excluding hydrogens is 218 g/mol. The highest BCUT2D eigenvalue weighted by Gasteiger charge is 2.00. The maximum Gasteiger partial charge on any atom is 0.0871 e. The molecule has 0 saturated carbocycles. The summed E-state index contributed by atoms with van der Waals surface area (Å²) in [6.07, 6.45) is 2.80. The molecule has 0 aliphatic rings. The van der Waals surface area contributed by atoms with E-state index in [1.165, 1.54) is 0 Å². The van der Waals surface area contributed by atoms with Crippen molar-refractivity contribution in [2.45, 2.75) is 0 Å². The molecule has 1 aromatic heterocycles. The summed E-state index contributed by atoms with van der Waals surface area (Å²) in [5.41, 5.74) is 6.82. The van der Waals surface area contributed by atoms with Crippen LogP contribution in [0.5, 0.6) is 0 Å². The Balaban J connectivity index is 3.08. The number of nitrogens with zero attached hydrogens (tertiary/aromatic N) is 1. The third kappa shape index (κ3) is 1.92. The van der Waals surface area contributed by atoms with Crippen LogP contribution in [0.4, 0.5) is 0 Å². The second kappa shape index (κ2) is 4.01. The van der Waals surface area contributed by atoms with Crippen LogP contribution in [0.15, 0.2) is 28.9 Å². The molecule has 0 unspecified atom stereocenters. The molecule has 0 bridgehead atoms. The number of nitrogens with one attached hydrogen (secondary N) is 1. The van der Waals surface area contributed by atoms with E-state index in [2.05, 4.69) is 20.9 Å². The zero-order chi connectivity index (χ0) is 8.97. The number of aromatic nitrogens is 1. The van der Waals surface area contributed by atoms with Gasteiger partial charge in [0.2, 0.25) is 0 Å². The molecule has 0 atom stereocenters. The number of nitrogens with two attached hydrogens (primary N) is 1. The van der Waals surface area contributed by atoms with Crippen LogP contribution >= 0.6 is 15.9 Å². The zero-order valence-electron chi connectivity index (χ0n) is 6.29.